The number of oxazole rings is 1. The second kappa shape index (κ2) is 12.5. The second-order valence-electron chi connectivity index (χ2n) is 7.46. The summed E-state index contributed by atoms with van der Waals surface area (Å²) >= 11 is 1.46. The monoisotopic (exact) mass is 444 g/mol. The number of benzene rings is 2. The van der Waals surface area contributed by atoms with Gasteiger partial charge < -0.3 is 14.9 Å². The molecule has 2 N–H and O–H groups in total. The van der Waals surface area contributed by atoms with Crippen molar-refractivity contribution in [2.45, 2.75) is 50.2 Å². The SMILES string of the molecule is NC(=O)c1cc(F)cc2nc(SCCCCCCOCCCCc3ccccc3)oc12. The first-order chi connectivity index (χ1) is 15.1. The molecule has 0 unspecified atom stereocenters. The van der Waals surface area contributed by atoms with Crippen LogP contribution in [0.25, 0.3) is 11.1 Å². The Hall–Kier alpha value is -2.38. The van der Waals surface area contributed by atoms with Gasteiger partial charge in [0.15, 0.2) is 5.58 Å². The highest BCUT2D eigenvalue weighted by atomic mass is 32.2. The van der Waals surface area contributed by atoms with Crippen molar-refractivity contribution in [3.63, 3.8) is 0 Å². The lowest BCUT2D eigenvalue weighted by Gasteiger charge is -2.05. The summed E-state index contributed by atoms with van der Waals surface area (Å²) in [6.45, 7) is 1.64. The number of carbonyl (C=O) groups is 1. The molecule has 0 aliphatic carbocycles. The minimum absolute atomic E-state index is 0.0226. The van der Waals surface area contributed by atoms with Gasteiger partial charge >= 0.3 is 0 Å². The zero-order valence-corrected chi connectivity index (χ0v) is 18.5. The van der Waals surface area contributed by atoms with Crippen LogP contribution in [0.1, 0.15) is 54.4 Å². The van der Waals surface area contributed by atoms with E-state index in [-0.39, 0.29) is 11.1 Å². The van der Waals surface area contributed by atoms with Gasteiger partial charge in [0.1, 0.15) is 11.3 Å². The van der Waals surface area contributed by atoms with E-state index in [9.17, 15) is 9.18 Å². The number of amides is 1. The van der Waals surface area contributed by atoms with Crippen LogP contribution in [0.5, 0.6) is 0 Å². The summed E-state index contributed by atoms with van der Waals surface area (Å²) < 4.78 is 24.9. The largest absolute Gasteiger partial charge is 0.430 e. The molecule has 3 aromatic rings. The van der Waals surface area contributed by atoms with Gasteiger partial charge in [0.25, 0.3) is 11.1 Å². The number of hydrogen-bond acceptors (Lipinski definition) is 5. The van der Waals surface area contributed by atoms with E-state index in [0.29, 0.717) is 10.7 Å². The highest BCUT2D eigenvalue weighted by molar-refractivity contribution is 7.99. The van der Waals surface area contributed by atoms with E-state index in [0.717, 1.165) is 70.0 Å². The summed E-state index contributed by atoms with van der Waals surface area (Å²) in [5.41, 5.74) is 7.26. The van der Waals surface area contributed by atoms with Crippen molar-refractivity contribution >= 4 is 28.8 Å². The van der Waals surface area contributed by atoms with Crippen LogP contribution in [-0.4, -0.2) is 29.9 Å². The Morgan fingerprint density at radius 1 is 1.03 bits per heavy atom. The van der Waals surface area contributed by atoms with Gasteiger partial charge in [-0.25, -0.2) is 9.37 Å². The minimum atomic E-state index is -0.726. The molecule has 0 saturated carbocycles. The Balaban J connectivity index is 1.22. The molecule has 2 aromatic carbocycles. The van der Waals surface area contributed by atoms with E-state index in [1.54, 1.807) is 0 Å². The molecule has 0 bridgehead atoms. The third-order valence-electron chi connectivity index (χ3n) is 4.96. The Labute approximate surface area is 186 Å². The van der Waals surface area contributed by atoms with Crippen molar-refractivity contribution < 1.29 is 18.3 Å². The zero-order chi connectivity index (χ0) is 21.9. The van der Waals surface area contributed by atoms with Gasteiger partial charge in [0.05, 0.1) is 5.56 Å². The first-order valence-corrected chi connectivity index (χ1v) is 11.8. The number of primary amides is 1. The molecule has 3 rings (SSSR count). The number of nitrogens with two attached hydrogens (primary N) is 1. The second-order valence-corrected chi connectivity index (χ2v) is 8.51. The predicted octanol–water partition coefficient (Wildman–Crippen LogP) is 5.76. The lowest BCUT2D eigenvalue weighted by atomic mass is 10.1. The van der Waals surface area contributed by atoms with Crippen LogP contribution in [0.2, 0.25) is 0 Å². The lowest BCUT2D eigenvalue weighted by molar-refractivity contribution is 0.100. The van der Waals surface area contributed by atoms with Gasteiger partial charge in [-0.15, -0.1) is 0 Å². The van der Waals surface area contributed by atoms with E-state index in [4.69, 9.17) is 14.9 Å². The van der Waals surface area contributed by atoms with Crippen molar-refractivity contribution in [3.8, 4) is 0 Å². The maximum Gasteiger partial charge on any atom is 0.256 e. The maximum atomic E-state index is 13.6. The molecule has 31 heavy (non-hydrogen) atoms. The fourth-order valence-corrected chi connectivity index (χ4v) is 4.15. The average molecular weight is 445 g/mol. The van der Waals surface area contributed by atoms with Crippen molar-refractivity contribution in [1.82, 2.24) is 4.98 Å². The highest BCUT2D eigenvalue weighted by Crippen LogP contribution is 2.27. The molecule has 7 heteroatoms. The van der Waals surface area contributed by atoms with E-state index in [1.807, 2.05) is 6.07 Å². The van der Waals surface area contributed by atoms with Gasteiger partial charge in [-0.1, -0.05) is 54.9 Å². The maximum absolute atomic E-state index is 13.6. The molecule has 166 valence electrons. The number of carbonyl (C=O) groups excluding carboxylic acids is 1. The van der Waals surface area contributed by atoms with Crippen LogP contribution >= 0.6 is 11.8 Å². The molecule has 0 radical (unpaired) electrons. The Morgan fingerprint density at radius 2 is 1.77 bits per heavy atom. The number of aromatic nitrogens is 1. The highest BCUT2D eigenvalue weighted by Gasteiger charge is 2.16. The topological polar surface area (TPSA) is 78.4 Å². The quantitative estimate of drug-likeness (QED) is 0.253. The molecule has 0 spiro atoms. The van der Waals surface area contributed by atoms with Crippen LogP contribution in [-0.2, 0) is 11.2 Å². The van der Waals surface area contributed by atoms with E-state index in [1.165, 1.54) is 23.4 Å². The van der Waals surface area contributed by atoms with Crippen LogP contribution in [0.15, 0.2) is 52.1 Å². The number of ether oxygens (including phenoxy) is 1. The number of hydrogen-bond donors (Lipinski definition) is 1. The molecule has 0 aliphatic rings. The Bertz CT molecular complexity index is 962. The van der Waals surface area contributed by atoms with E-state index in [2.05, 4.69) is 29.2 Å². The number of nitrogens with zero attached hydrogens (tertiary/aromatic N) is 1. The number of unbranched alkanes of at least 4 members (excludes halogenated alkanes) is 4. The number of aryl methyl sites for hydroxylation is 1. The summed E-state index contributed by atoms with van der Waals surface area (Å²) in [6, 6.07) is 12.9. The van der Waals surface area contributed by atoms with E-state index >= 15 is 0 Å². The van der Waals surface area contributed by atoms with Crippen molar-refractivity contribution in [3.05, 3.63) is 59.4 Å². The first-order valence-electron chi connectivity index (χ1n) is 10.8. The Kier molecular flexibility index (Phi) is 9.37. The van der Waals surface area contributed by atoms with Crippen LogP contribution in [0.4, 0.5) is 4.39 Å². The summed E-state index contributed by atoms with van der Waals surface area (Å²) in [5, 5.41) is 0.432. The van der Waals surface area contributed by atoms with Gasteiger partial charge in [0, 0.05) is 25.0 Å². The first kappa shape index (κ1) is 23.3. The van der Waals surface area contributed by atoms with Crippen molar-refractivity contribution in [1.29, 1.82) is 0 Å². The van der Waals surface area contributed by atoms with Gasteiger partial charge in [-0.3, -0.25) is 4.79 Å². The van der Waals surface area contributed by atoms with Crippen LogP contribution in [0, 0.1) is 5.82 Å². The zero-order valence-electron chi connectivity index (χ0n) is 17.6. The Morgan fingerprint density at radius 3 is 2.55 bits per heavy atom. The summed E-state index contributed by atoms with van der Waals surface area (Å²) in [4.78, 5) is 15.7. The number of halogens is 1. The molecule has 1 amide bonds. The number of fused-ring (bicyclic) bond motifs is 1. The van der Waals surface area contributed by atoms with Gasteiger partial charge in [0.2, 0.25) is 0 Å². The molecule has 5 nitrogen and oxygen atoms in total. The molecular weight excluding hydrogens is 415 g/mol. The summed E-state index contributed by atoms with van der Waals surface area (Å²) in [5.74, 6) is -0.429. The average Bonchev–Trinajstić information content (AvgIpc) is 3.17. The molecular formula is C24H29FN2O3S. The molecule has 1 aromatic heterocycles. The number of thioether (sulfide) groups is 1. The third-order valence-corrected chi connectivity index (χ3v) is 5.87. The minimum Gasteiger partial charge on any atom is -0.430 e. The lowest BCUT2D eigenvalue weighted by Crippen LogP contribution is -2.11. The fraction of sp³-hybridized carbons (Fsp3) is 0.417. The normalized spacial score (nSPS) is 11.3. The van der Waals surface area contributed by atoms with E-state index < -0.39 is 11.7 Å². The van der Waals surface area contributed by atoms with Crippen LogP contribution < -0.4 is 5.73 Å². The van der Waals surface area contributed by atoms with Crippen molar-refractivity contribution in [2.24, 2.45) is 5.73 Å². The van der Waals surface area contributed by atoms with Gasteiger partial charge in [-0.2, -0.15) is 0 Å². The number of rotatable bonds is 14. The molecule has 0 fully saturated rings. The fourth-order valence-electron chi connectivity index (χ4n) is 3.32. The molecule has 0 aliphatic heterocycles. The summed E-state index contributed by atoms with van der Waals surface area (Å²) in [7, 11) is 0. The standard InChI is InChI=1S/C24H29FN2O3S/c25-19-16-20(23(26)28)22-21(17-19)27-24(30-22)31-15-9-2-1-7-13-29-14-8-6-12-18-10-4-3-5-11-18/h3-5,10-11,16-17H,1-2,6-9,12-15H2,(H2,26,28). The third kappa shape index (κ3) is 7.67. The molecule has 1 heterocycles. The van der Waals surface area contributed by atoms with Crippen molar-refractivity contribution in [2.75, 3.05) is 19.0 Å². The smallest absolute Gasteiger partial charge is 0.256 e. The summed E-state index contributed by atoms with van der Waals surface area (Å²) in [6.07, 6.45) is 7.68. The molecule has 0 saturated heterocycles. The van der Waals surface area contributed by atoms with Crippen LogP contribution in [0.3, 0.4) is 0 Å². The molecule has 0 atom stereocenters. The van der Waals surface area contributed by atoms with Gasteiger partial charge in [-0.05, 0) is 43.7 Å². The predicted molar refractivity (Wildman–Crippen MR) is 122 cm³/mol.